The molecular formula is C9H18F3NO3. The van der Waals surface area contributed by atoms with Crippen molar-refractivity contribution in [3.8, 4) is 0 Å². The molecular weight excluding hydrogens is 227 g/mol. The van der Waals surface area contributed by atoms with Crippen molar-refractivity contribution < 1.29 is 27.8 Å². The van der Waals surface area contributed by atoms with E-state index in [0.717, 1.165) is 0 Å². The Morgan fingerprint density at radius 3 is 1.94 bits per heavy atom. The van der Waals surface area contributed by atoms with Crippen LogP contribution < -0.4 is 5.73 Å². The van der Waals surface area contributed by atoms with E-state index >= 15 is 0 Å². The van der Waals surface area contributed by atoms with Gasteiger partial charge in [-0.1, -0.05) is 0 Å². The van der Waals surface area contributed by atoms with E-state index in [2.05, 4.69) is 4.74 Å². The maximum absolute atomic E-state index is 11.7. The van der Waals surface area contributed by atoms with E-state index in [-0.39, 0.29) is 13.2 Å². The predicted molar refractivity (Wildman–Crippen MR) is 52.0 cm³/mol. The molecule has 0 fully saturated rings. The highest BCUT2D eigenvalue weighted by Gasteiger charge is 2.27. The average molecular weight is 245 g/mol. The fourth-order valence-electron chi connectivity index (χ4n) is 0.817. The Bertz CT molecular complexity index is 171. The van der Waals surface area contributed by atoms with E-state index in [9.17, 15) is 18.3 Å². The first-order valence-corrected chi connectivity index (χ1v) is 4.79. The lowest BCUT2D eigenvalue weighted by atomic mass is 10.1. The van der Waals surface area contributed by atoms with Gasteiger partial charge in [-0.05, 0) is 13.8 Å². The molecule has 0 amide bonds. The molecule has 0 aromatic rings. The Hall–Kier alpha value is -0.370. The van der Waals surface area contributed by atoms with Gasteiger partial charge in [0.05, 0.1) is 19.8 Å². The Kier molecular flexibility index (Phi) is 6.24. The molecule has 0 aromatic carbocycles. The molecule has 0 radical (unpaired) electrons. The lowest BCUT2D eigenvalue weighted by Gasteiger charge is -2.19. The summed E-state index contributed by atoms with van der Waals surface area (Å²) in [5.74, 6) is 0. The van der Waals surface area contributed by atoms with Crippen LogP contribution in [-0.2, 0) is 9.47 Å². The van der Waals surface area contributed by atoms with Crippen LogP contribution in [0, 0.1) is 0 Å². The molecule has 0 saturated heterocycles. The van der Waals surface area contributed by atoms with E-state index in [1.54, 1.807) is 13.8 Å². The molecule has 0 spiro atoms. The van der Waals surface area contributed by atoms with E-state index in [4.69, 9.17) is 10.5 Å². The summed E-state index contributed by atoms with van der Waals surface area (Å²) in [5.41, 5.74) is 5.06. The Morgan fingerprint density at radius 1 is 1.12 bits per heavy atom. The van der Waals surface area contributed by atoms with Crippen LogP contribution in [-0.4, -0.2) is 49.4 Å². The lowest BCUT2D eigenvalue weighted by molar-refractivity contribution is -0.181. The summed E-state index contributed by atoms with van der Waals surface area (Å²) in [6, 6.07) is 0. The number of aliphatic hydroxyl groups is 1. The molecule has 7 heteroatoms. The van der Waals surface area contributed by atoms with Crippen LogP contribution in [0.15, 0.2) is 0 Å². The zero-order valence-corrected chi connectivity index (χ0v) is 9.38. The van der Waals surface area contributed by atoms with Crippen LogP contribution >= 0.6 is 0 Å². The van der Waals surface area contributed by atoms with Gasteiger partial charge in [0, 0.05) is 5.54 Å². The second-order valence-electron chi connectivity index (χ2n) is 4.29. The average Bonchev–Trinajstić information content (AvgIpc) is 1.98. The number of hydrogen-bond donors (Lipinski definition) is 2. The molecule has 0 aliphatic heterocycles. The van der Waals surface area contributed by atoms with Crippen molar-refractivity contribution in [3.63, 3.8) is 0 Å². The van der Waals surface area contributed by atoms with Crippen LogP contribution in [0.3, 0.4) is 0 Å². The van der Waals surface area contributed by atoms with Crippen molar-refractivity contribution in [3.05, 3.63) is 0 Å². The molecule has 0 aromatic heterocycles. The van der Waals surface area contributed by atoms with Gasteiger partial charge in [0.2, 0.25) is 0 Å². The van der Waals surface area contributed by atoms with E-state index < -0.39 is 31.0 Å². The third-order valence-corrected chi connectivity index (χ3v) is 1.36. The van der Waals surface area contributed by atoms with Gasteiger partial charge in [0.15, 0.2) is 0 Å². The minimum Gasteiger partial charge on any atom is -0.388 e. The minimum absolute atomic E-state index is 0.0987. The van der Waals surface area contributed by atoms with Crippen molar-refractivity contribution in [1.29, 1.82) is 0 Å². The quantitative estimate of drug-likeness (QED) is 0.692. The lowest BCUT2D eigenvalue weighted by Crippen LogP contribution is -2.38. The molecule has 1 unspecified atom stereocenters. The van der Waals surface area contributed by atoms with Gasteiger partial charge in [0.25, 0.3) is 0 Å². The molecule has 0 saturated carbocycles. The largest absolute Gasteiger partial charge is 0.411 e. The second kappa shape index (κ2) is 6.39. The second-order valence-corrected chi connectivity index (χ2v) is 4.29. The Labute approximate surface area is 92.5 Å². The number of alkyl halides is 3. The molecule has 3 N–H and O–H groups in total. The standard InChI is InChI=1S/C9H18F3NO3/c1-8(2,13)5-15-3-7(14)4-16-6-9(10,11)12/h7,14H,3-6,13H2,1-2H3. The van der Waals surface area contributed by atoms with Gasteiger partial charge >= 0.3 is 6.18 Å². The maximum Gasteiger partial charge on any atom is 0.411 e. The van der Waals surface area contributed by atoms with Crippen LogP contribution in [0.2, 0.25) is 0 Å². The molecule has 1 atom stereocenters. The number of hydrogen-bond acceptors (Lipinski definition) is 4. The van der Waals surface area contributed by atoms with Gasteiger partial charge in [0.1, 0.15) is 12.7 Å². The van der Waals surface area contributed by atoms with Crippen LogP contribution in [0.5, 0.6) is 0 Å². The monoisotopic (exact) mass is 245 g/mol. The fraction of sp³-hybridized carbons (Fsp3) is 1.00. The normalized spacial score (nSPS) is 15.2. The smallest absolute Gasteiger partial charge is 0.388 e. The van der Waals surface area contributed by atoms with Crippen molar-refractivity contribution in [2.45, 2.75) is 31.7 Å². The Balaban J connectivity index is 3.49. The molecule has 4 nitrogen and oxygen atoms in total. The third kappa shape index (κ3) is 11.7. The van der Waals surface area contributed by atoms with Crippen LogP contribution in [0.1, 0.15) is 13.8 Å². The first kappa shape index (κ1) is 15.6. The summed E-state index contributed by atoms with van der Waals surface area (Å²) in [6.07, 6.45) is -5.45. The number of rotatable bonds is 7. The zero-order chi connectivity index (χ0) is 12.8. The van der Waals surface area contributed by atoms with Gasteiger partial charge in [-0.15, -0.1) is 0 Å². The van der Waals surface area contributed by atoms with E-state index in [1.165, 1.54) is 0 Å². The summed E-state index contributed by atoms with van der Waals surface area (Å²) in [4.78, 5) is 0. The van der Waals surface area contributed by atoms with Crippen molar-refractivity contribution in [2.75, 3.05) is 26.4 Å². The molecule has 98 valence electrons. The molecule has 0 aliphatic carbocycles. The molecule has 0 heterocycles. The summed E-state index contributed by atoms with van der Waals surface area (Å²) >= 11 is 0. The first-order chi connectivity index (χ1) is 7.10. The number of nitrogens with two attached hydrogens (primary N) is 1. The summed E-state index contributed by atoms with van der Waals surface area (Å²) in [7, 11) is 0. The van der Waals surface area contributed by atoms with Crippen molar-refractivity contribution in [2.24, 2.45) is 5.73 Å². The molecule has 0 rings (SSSR count). The Morgan fingerprint density at radius 2 is 1.56 bits per heavy atom. The number of halogens is 3. The SMILES string of the molecule is CC(C)(N)COCC(O)COCC(F)(F)F. The topological polar surface area (TPSA) is 64.7 Å². The highest BCUT2D eigenvalue weighted by Crippen LogP contribution is 2.14. The maximum atomic E-state index is 11.7. The highest BCUT2D eigenvalue weighted by molar-refractivity contribution is 4.70. The summed E-state index contributed by atoms with van der Waals surface area (Å²) in [5, 5.41) is 9.18. The summed E-state index contributed by atoms with van der Waals surface area (Å²) < 4.78 is 44.2. The van der Waals surface area contributed by atoms with E-state index in [0.29, 0.717) is 0 Å². The van der Waals surface area contributed by atoms with Crippen molar-refractivity contribution >= 4 is 0 Å². The first-order valence-electron chi connectivity index (χ1n) is 4.79. The van der Waals surface area contributed by atoms with E-state index in [1.807, 2.05) is 0 Å². The predicted octanol–water partition coefficient (Wildman–Crippen LogP) is 0.680. The van der Waals surface area contributed by atoms with Gasteiger partial charge < -0.3 is 20.3 Å². The summed E-state index contributed by atoms with van der Waals surface area (Å²) in [6.45, 7) is 1.80. The molecule has 0 bridgehead atoms. The van der Waals surface area contributed by atoms with Gasteiger partial charge in [-0.3, -0.25) is 0 Å². The zero-order valence-electron chi connectivity index (χ0n) is 9.38. The fourth-order valence-corrected chi connectivity index (χ4v) is 0.817. The molecule has 0 aliphatic rings. The molecule has 16 heavy (non-hydrogen) atoms. The van der Waals surface area contributed by atoms with Crippen molar-refractivity contribution in [1.82, 2.24) is 0 Å². The third-order valence-electron chi connectivity index (χ3n) is 1.36. The number of aliphatic hydroxyl groups excluding tert-OH is 1. The van der Waals surface area contributed by atoms with Gasteiger partial charge in [-0.2, -0.15) is 13.2 Å². The van der Waals surface area contributed by atoms with Crippen LogP contribution in [0.25, 0.3) is 0 Å². The highest BCUT2D eigenvalue weighted by atomic mass is 19.4. The van der Waals surface area contributed by atoms with Gasteiger partial charge in [-0.25, -0.2) is 0 Å². The minimum atomic E-state index is -4.38. The van der Waals surface area contributed by atoms with Crippen LogP contribution in [0.4, 0.5) is 13.2 Å². The number of ether oxygens (including phenoxy) is 2.